The molecule has 102 valence electrons. The first kappa shape index (κ1) is 14.9. The summed E-state index contributed by atoms with van der Waals surface area (Å²) in [6.45, 7) is 6.49. The van der Waals surface area contributed by atoms with Crippen LogP contribution in [0.1, 0.15) is 72.1 Å². The second-order valence-corrected chi connectivity index (χ2v) is 6.07. The van der Waals surface area contributed by atoms with Crippen molar-refractivity contribution in [2.24, 2.45) is 17.8 Å². The van der Waals surface area contributed by atoms with E-state index >= 15 is 0 Å². The summed E-state index contributed by atoms with van der Waals surface area (Å²) < 4.78 is 26.5. The first-order valence-corrected chi connectivity index (χ1v) is 7.34. The molecule has 0 bridgehead atoms. The fourth-order valence-corrected chi connectivity index (χ4v) is 3.34. The normalized spacial score (nSPS) is 30.2. The van der Waals surface area contributed by atoms with Crippen LogP contribution >= 0.6 is 0 Å². The zero-order chi connectivity index (χ0) is 12.9. The number of unbranched alkanes of at least 4 members (excludes halogenated alkanes) is 3. The summed E-state index contributed by atoms with van der Waals surface area (Å²) in [5, 5.41) is 0. The second kappa shape index (κ2) is 6.70. The molecule has 1 saturated carbocycles. The van der Waals surface area contributed by atoms with Crippen molar-refractivity contribution in [2.45, 2.75) is 78.1 Å². The lowest BCUT2D eigenvalue weighted by Crippen LogP contribution is -2.34. The zero-order valence-electron chi connectivity index (χ0n) is 11.6. The fourth-order valence-electron chi connectivity index (χ4n) is 3.34. The molecular weight excluding hydrogens is 218 g/mol. The molecule has 0 aliphatic heterocycles. The Hall–Kier alpha value is -0.140. The summed E-state index contributed by atoms with van der Waals surface area (Å²) >= 11 is 0. The quantitative estimate of drug-likeness (QED) is 0.530. The summed E-state index contributed by atoms with van der Waals surface area (Å²) in [5.74, 6) is -1.05. The van der Waals surface area contributed by atoms with Gasteiger partial charge in [0.15, 0.2) is 0 Å². The number of rotatable bonds is 6. The number of alkyl halides is 2. The Morgan fingerprint density at radius 2 is 1.94 bits per heavy atom. The van der Waals surface area contributed by atoms with Gasteiger partial charge in [-0.15, -0.1) is 0 Å². The van der Waals surface area contributed by atoms with Crippen molar-refractivity contribution in [3.05, 3.63) is 0 Å². The lowest BCUT2D eigenvalue weighted by molar-refractivity contribution is -0.0738. The van der Waals surface area contributed by atoms with Gasteiger partial charge in [-0.1, -0.05) is 52.9 Å². The third-order valence-corrected chi connectivity index (χ3v) is 4.44. The lowest BCUT2D eigenvalue weighted by atomic mass is 9.71. The molecule has 2 heteroatoms. The predicted molar refractivity (Wildman–Crippen MR) is 69.4 cm³/mol. The van der Waals surface area contributed by atoms with E-state index in [1.54, 1.807) is 0 Å². The second-order valence-electron chi connectivity index (χ2n) is 6.07. The summed E-state index contributed by atoms with van der Waals surface area (Å²) in [6.07, 6.45) is 7.32. The van der Waals surface area contributed by atoms with Crippen LogP contribution in [0.5, 0.6) is 0 Å². The van der Waals surface area contributed by atoms with Gasteiger partial charge in [-0.3, -0.25) is 0 Å². The van der Waals surface area contributed by atoms with Gasteiger partial charge in [0, 0.05) is 12.8 Å². The van der Waals surface area contributed by atoms with Crippen molar-refractivity contribution >= 4 is 0 Å². The summed E-state index contributed by atoms with van der Waals surface area (Å²) in [4.78, 5) is 0. The highest BCUT2D eigenvalue weighted by atomic mass is 19.3. The average molecular weight is 246 g/mol. The topological polar surface area (TPSA) is 0 Å². The molecular formula is C15H28F2. The molecule has 0 aromatic carbocycles. The third kappa shape index (κ3) is 4.93. The summed E-state index contributed by atoms with van der Waals surface area (Å²) in [6, 6.07) is 0. The highest BCUT2D eigenvalue weighted by molar-refractivity contribution is 4.84. The standard InChI is InChI=1S/C15H28F2/c1-4-5-6-7-8-12(2)14-9-10-15(16,17)11-13(14)3/h12-14H,4-11H2,1-3H3. The third-order valence-electron chi connectivity index (χ3n) is 4.44. The molecule has 0 saturated heterocycles. The number of hydrogen-bond acceptors (Lipinski definition) is 0. The largest absolute Gasteiger partial charge is 0.248 e. The van der Waals surface area contributed by atoms with Crippen LogP contribution in [0.3, 0.4) is 0 Å². The molecule has 0 N–H and O–H groups in total. The molecule has 0 amide bonds. The van der Waals surface area contributed by atoms with E-state index in [0.717, 1.165) is 6.42 Å². The molecule has 0 nitrogen and oxygen atoms in total. The van der Waals surface area contributed by atoms with Gasteiger partial charge in [-0.05, 0) is 24.2 Å². The van der Waals surface area contributed by atoms with Gasteiger partial charge in [0.05, 0.1) is 0 Å². The minimum absolute atomic E-state index is 0.108. The average Bonchev–Trinajstić information content (AvgIpc) is 2.23. The Kier molecular flexibility index (Phi) is 5.88. The van der Waals surface area contributed by atoms with Gasteiger partial charge < -0.3 is 0 Å². The van der Waals surface area contributed by atoms with E-state index < -0.39 is 5.92 Å². The van der Waals surface area contributed by atoms with Crippen LogP contribution in [0.25, 0.3) is 0 Å². The van der Waals surface area contributed by atoms with Crippen molar-refractivity contribution < 1.29 is 8.78 Å². The van der Waals surface area contributed by atoms with Crippen LogP contribution in [0.2, 0.25) is 0 Å². The Bertz CT molecular complexity index is 213. The van der Waals surface area contributed by atoms with E-state index in [4.69, 9.17) is 0 Å². The van der Waals surface area contributed by atoms with E-state index in [2.05, 4.69) is 13.8 Å². The van der Waals surface area contributed by atoms with Crippen molar-refractivity contribution in [1.29, 1.82) is 0 Å². The molecule has 1 rings (SSSR count). The maximum absolute atomic E-state index is 13.2. The maximum Gasteiger partial charge on any atom is 0.248 e. The SMILES string of the molecule is CCCCCCC(C)C1CCC(F)(F)CC1C. The van der Waals surface area contributed by atoms with E-state index in [1.807, 2.05) is 6.92 Å². The molecule has 17 heavy (non-hydrogen) atoms. The fraction of sp³-hybridized carbons (Fsp3) is 1.00. The molecule has 1 aliphatic carbocycles. The Morgan fingerprint density at radius 1 is 1.24 bits per heavy atom. The number of halogens is 2. The van der Waals surface area contributed by atoms with Gasteiger partial charge >= 0.3 is 0 Å². The van der Waals surface area contributed by atoms with E-state index in [-0.39, 0.29) is 18.8 Å². The Morgan fingerprint density at radius 3 is 2.53 bits per heavy atom. The minimum atomic E-state index is -2.39. The van der Waals surface area contributed by atoms with Gasteiger partial charge in [0.25, 0.3) is 0 Å². The van der Waals surface area contributed by atoms with E-state index in [1.165, 1.54) is 32.1 Å². The monoisotopic (exact) mass is 246 g/mol. The van der Waals surface area contributed by atoms with Crippen LogP contribution < -0.4 is 0 Å². The van der Waals surface area contributed by atoms with Gasteiger partial charge in [0.1, 0.15) is 0 Å². The van der Waals surface area contributed by atoms with Crippen molar-refractivity contribution in [3.63, 3.8) is 0 Å². The highest BCUT2D eigenvalue weighted by Gasteiger charge is 2.40. The van der Waals surface area contributed by atoms with Crippen molar-refractivity contribution in [2.75, 3.05) is 0 Å². The molecule has 0 heterocycles. The van der Waals surface area contributed by atoms with Crippen LogP contribution in [-0.2, 0) is 0 Å². The van der Waals surface area contributed by atoms with Gasteiger partial charge in [-0.25, -0.2) is 8.78 Å². The van der Waals surface area contributed by atoms with Crippen molar-refractivity contribution in [3.8, 4) is 0 Å². The van der Waals surface area contributed by atoms with Crippen LogP contribution in [-0.4, -0.2) is 5.92 Å². The molecule has 3 unspecified atom stereocenters. The molecule has 0 spiro atoms. The smallest absolute Gasteiger partial charge is 0.207 e. The van der Waals surface area contributed by atoms with Crippen molar-refractivity contribution in [1.82, 2.24) is 0 Å². The first-order valence-electron chi connectivity index (χ1n) is 7.34. The molecule has 1 fully saturated rings. The number of hydrogen-bond donors (Lipinski definition) is 0. The minimum Gasteiger partial charge on any atom is -0.207 e. The molecule has 1 aliphatic rings. The van der Waals surface area contributed by atoms with Crippen LogP contribution in [0.4, 0.5) is 8.78 Å². The lowest BCUT2D eigenvalue weighted by Gasteiger charge is -2.37. The van der Waals surface area contributed by atoms with Crippen LogP contribution in [0, 0.1) is 17.8 Å². The molecule has 0 aromatic rings. The van der Waals surface area contributed by atoms with Gasteiger partial charge in [-0.2, -0.15) is 0 Å². The summed E-state index contributed by atoms with van der Waals surface area (Å²) in [5.41, 5.74) is 0. The van der Waals surface area contributed by atoms with Gasteiger partial charge in [0.2, 0.25) is 5.92 Å². The molecule has 0 aromatic heterocycles. The predicted octanol–water partition coefficient (Wildman–Crippen LogP) is 5.66. The van der Waals surface area contributed by atoms with E-state index in [0.29, 0.717) is 11.8 Å². The highest BCUT2D eigenvalue weighted by Crippen LogP contribution is 2.43. The first-order chi connectivity index (χ1) is 7.96. The molecule has 3 atom stereocenters. The maximum atomic E-state index is 13.2. The Balaban J connectivity index is 2.29. The van der Waals surface area contributed by atoms with Crippen LogP contribution in [0.15, 0.2) is 0 Å². The molecule has 0 radical (unpaired) electrons. The van der Waals surface area contributed by atoms with E-state index in [9.17, 15) is 8.78 Å². The Labute approximate surface area is 105 Å². The zero-order valence-corrected chi connectivity index (χ0v) is 11.6. The summed E-state index contributed by atoms with van der Waals surface area (Å²) in [7, 11) is 0.